The van der Waals surface area contributed by atoms with Gasteiger partial charge in [-0.15, -0.1) is 0 Å². The van der Waals surface area contributed by atoms with Crippen LogP contribution in [-0.4, -0.2) is 52.9 Å². The summed E-state index contributed by atoms with van der Waals surface area (Å²) in [6.07, 6.45) is 7.27. The molecule has 0 radical (unpaired) electrons. The third-order valence-corrected chi connectivity index (χ3v) is 5.88. The van der Waals surface area contributed by atoms with Gasteiger partial charge in [-0.25, -0.2) is 0 Å². The Bertz CT molecular complexity index is 621. The number of rotatable bonds is 6. The smallest absolute Gasteiger partial charge is 0.223 e. The molecule has 0 aliphatic carbocycles. The highest BCUT2D eigenvalue weighted by Gasteiger charge is 2.27. The van der Waals surface area contributed by atoms with Gasteiger partial charge in [0.15, 0.2) is 0 Å². The SMILES string of the molecule is O=C(CCC(=O)N1CC[C@@H](Cc2ccc(CO)cc2)C1)N1CCCCCC1. The van der Waals surface area contributed by atoms with Gasteiger partial charge in [0.05, 0.1) is 6.61 Å². The molecule has 2 amide bonds. The van der Waals surface area contributed by atoms with E-state index in [1.54, 1.807) is 0 Å². The van der Waals surface area contributed by atoms with Crippen LogP contribution in [0.2, 0.25) is 0 Å². The zero-order valence-electron chi connectivity index (χ0n) is 16.2. The lowest BCUT2D eigenvalue weighted by Crippen LogP contribution is -2.34. The van der Waals surface area contributed by atoms with Crippen LogP contribution in [0.15, 0.2) is 24.3 Å². The molecule has 1 aromatic carbocycles. The van der Waals surface area contributed by atoms with Crippen LogP contribution in [0.3, 0.4) is 0 Å². The summed E-state index contributed by atoms with van der Waals surface area (Å²) in [7, 11) is 0. The summed E-state index contributed by atoms with van der Waals surface area (Å²) >= 11 is 0. The summed E-state index contributed by atoms with van der Waals surface area (Å²) in [4.78, 5) is 28.8. The van der Waals surface area contributed by atoms with Crippen molar-refractivity contribution in [2.24, 2.45) is 5.92 Å². The molecule has 2 fully saturated rings. The number of nitrogens with zero attached hydrogens (tertiary/aromatic N) is 2. The van der Waals surface area contributed by atoms with E-state index in [-0.39, 0.29) is 18.4 Å². The van der Waals surface area contributed by atoms with Crippen LogP contribution in [0.25, 0.3) is 0 Å². The van der Waals surface area contributed by atoms with E-state index < -0.39 is 0 Å². The van der Waals surface area contributed by atoms with Crippen LogP contribution >= 0.6 is 0 Å². The monoisotopic (exact) mass is 372 g/mol. The number of aliphatic hydroxyl groups is 1. The lowest BCUT2D eigenvalue weighted by atomic mass is 9.98. The first-order valence-corrected chi connectivity index (χ1v) is 10.4. The maximum Gasteiger partial charge on any atom is 0.223 e. The van der Waals surface area contributed by atoms with Gasteiger partial charge in [0.25, 0.3) is 0 Å². The molecule has 0 bridgehead atoms. The van der Waals surface area contributed by atoms with Crippen LogP contribution in [-0.2, 0) is 22.6 Å². The fourth-order valence-electron chi connectivity index (χ4n) is 4.19. The first-order valence-electron chi connectivity index (χ1n) is 10.4. The van der Waals surface area contributed by atoms with E-state index in [2.05, 4.69) is 12.1 Å². The normalized spacial score (nSPS) is 20.6. The standard InChI is InChI=1S/C22H32N2O3/c25-17-19-7-5-18(6-8-19)15-20-11-14-24(16-20)22(27)10-9-21(26)23-12-3-1-2-4-13-23/h5-8,20,25H,1-4,9-17H2/t20-/m0/s1. The molecular formula is C22H32N2O3. The molecule has 1 atom stereocenters. The largest absolute Gasteiger partial charge is 0.392 e. The van der Waals surface area contributed by atoms with Crippen molar-refractivity contribution in [1.29, 1.82) is 0 Å². The Hall–Kier alpha value is -1.88. The van der Waals surface area contributed by atoms with Crippen molar-refractivity contribution in [3.63, 3.8) is 0 Å². The number of aliphatic hydroxyl groups excluding tert-OH is 1. The first-order chi connectivity index (χ1) is 13.2. The van der Waals surface area contributed by atoms with Crippen molar-refractivity contribution in [3.8, 4) is 0 Å². The molecule has 148 valence electrons. The Kier molecular flexibility index (Phi) is 7.27. The molecule has 2 saturated heterocycles. The summed E-state index contributed by atoms with van der Waals surface area (Å²) in [6.45, 7) is 3.37. The van der Waals surface area contributed by atoms with E-state index in [0.29, 0.717) is 18.8 Å². The molecule has 0 unspecified atom stereocenters. The van der Waals surface area contributed by atoms with E-state index in [1.165, 1.54) is 18.4 Å². The van der Waals surface area contributed by atoms with Gasteiger partial charge in [-0.05, 0) is 42.7 Å². The molecule has 1 aromatic rings. The molecule has 2 heterocycles. The minimum absolute atomic E-state index is 0.0716. The maximum atomic E-state index is 12.5. The summed E-state index contributed by atoms with van der Waals surface area (Å²) < 4.78 is 0. The van der Waals surface area contributed by atoms with Crippen molar-refractivity contribution in [3.05, 3.63) is 35.4 Å². The van der Waals surface area contributed by atoms with Gasteiger partial charge < -0.3 is 14.9 Å². The lowest BCUT2D eigenvalue weighted by molar-refractivity contribution is -0.136. The molecular weight excluding hydrogens is 340 g/mol. The molecule has 3 rings (SSSR count). The van der Waals surface area contributed by atoms with Gasteiger partial charge in [0.1, 0.15) is 0 Å². The first kappa shape index (κ1) is 19.9. The Balaban J connectivity index is 1.41. The third kappa shape index (κ3) is 5.80. The highest BCUT2D eigenvalue weighted by molar-refractivity contribution is 5.84. The Morgan fingerprint density at radius 2 is 1.44 bits per heavy atom. The van der Waals surface area contributed by atoms with E-state index in [1.807, 2.05) is 21.9 Å². The van der Waals surface area contributed by atoms with Gasteiger partial charge in [-0.2, -0.15) is 0 Å². The Morgan fingerprint density at radius 1 is 0.852 bits per heavy atom. The third-order valence-electron chi connectivity index (χ3n) is 5.88. The number of carbonyl (C=O) groups is 2. The molecule has 27 heavy (non-hydrogen) atoms. The zero-order chi connectivity index (χ0) is 19.1. The second-order valence-corrected chi connectivity index (χ2v) is 7.97. The highest BCUT2D eigenvalue weighted by Crippen LogP contribution is 2.22. The fraction of sp³-hybridized carbons (Fsp3) is 0.636. The van der Waals surface area contributed by atoms with Crippen LogP contribution in [0.1, 0.15) is 56.1 Å². The van der Waals surface area contributed by atoms with Crippen LogP contribution in [0.5, 0.6) is 0 Å². The number of hydrogen-bond donors (Lipinski definition) is 1. The van der Waals surface area contributed by atoms with E-state index in [0.717, 1.165) is 57.4 Å². The average molecular weight is 373 g/mol. The molecule has 1 N–H and O–H groups in total. The lowest BCUT2D eigenvalue weighted by Gasteiger charge is -2.21. The van der Waals surface area contributed by atoms with E-state index in [9.17, 15) is 9.59 Å². The summed E-state index contributed by atoms with van der Waals surface area (Å²) in [5.74, 6) is 0.747. The molecule has 2 aliphatic rings. The molecule has 0 spiro atoms. The van der Waals surface area contributed by atoms with Gasteiger partial charge in [0, 0.05) is 39.0 Å². The van der Waals surface area contributed by atoms with Crippen molar-refractivity contribution >= 4 is 11.8 Å². The number of hydrogen-bond acceptors (Lipinski definition) is 3. The number of likely N-dealkylation sites (tertiary alicyclic amines) is 2. The maximum absolute atomic E-state index is 12.5. The predicted molar refractivity (Wildman–Crippen MR) is 105 cm³/mol. The summed E-state index contributed by atoms with van der Waals surface area (Å²) in [6, 6.07) is 8.05. The van der Waals surface area contributed by atoms with Crippen LogP contribution in [0, 0.1) is 5.92 Å². The number of carbonyl (C=O) groups excluding carboxylic acids is 2. The molecule has 5 heteroatoms. The quantitative estimate of drug-likeness (QED) is 0.835. The zero-order valence-corrected chi connectivity index (χ0v) is 16.2. The van der Waals surface area contributed by atoms with E-state index >= 15 is 0 Å². The van der Waals surface area contributed by atoms with Gasteiger partial charge in [-0.1, -0.05) is 37.1 Å². The van der Waals surface area contributed by atoms with Gasteiger partial charge >= 0.3 is 0 Å². The van der Waals surface area contributed by atoms with Crippen molar-refractivity contribution in [1.82, 2.24) is 9.80 Å². The summed E-state index contributed by atoms with van der Waals surface area (Å²) in [5, 5.41) is 9.12. The highest BCUT2D eigenvalue weighted by atomic mass is 16.3. The van der Waals surface area contributed by atoms with Crippen molar-refractivity contribution < 1.29 is 14.7 Å². The number of amides is 2. The minimum Gasteiger partial charge on any atom is -0.392 e. The second kappa shape index (κ2) is 9.88. The molecule has 0 aromatic heterocycles. The minimum atomic E-state index is 0.0716. The Morgan fingerprint density at radius 3 is 2.07 bits per heavy atom. The molecule has 5 nitrogen and oxygen atoms in total. The topological polar surface area (TPSA) is 60.9 Å². The second-order valence-electron chi connectivity index (χ2n) is 7.97. The van der Waals surface area contributed by atoms with Crippen molar-refractivity contribution in [2.75, 3.05) is 26.2 Å². The van der Waals surface area contributed by atoms with Crippen LogP contribution in [0.4, 0.5) is 0 Å². The number of benzene rings is 1. The summed E-state index contributed by atoms with van der Waals surface area (Å²) in [5.41, 5.74) is 2.18. The van der Waals surface area contributed by atoms with E-state index in [4.69, 9.17) is 5.11 Å². The average Bonchev–Trinajstić information content (AvgIpc) is 2.98. The van der Waals surface area contributed by atoms with Crippen LogP contribution < -0.4 is 0 Å². The van der Waals surface area contributed by atoms with Crippen molar-refractivity contribution in [2.45, 2.75) is 58.0 Å². The molecule has 0 saturated carbocycles. The van der Waals surface area contributed by atoms with Gasteiger partial charge in [-0.3, -0.25) is 9.59 Å². The predicted octanol–water partition coefficient (Wildman–Crippen LogP) is 2.75. The molecule has 2 aliphatic heterocycles. The van der Waals surface area contributed by atoms with Gasteiger partial charge in [0.2, 0.25) is 11.8 Å². The Labute approximate surface area is 162 Å². The fourth-order valence-corrected chi connectivity index (χ4v) is 4.19.